The molecule has 16 heavy (non-hydrogen) atoms. The fourth-order valence-corrected chi connectivity index (χ4v) is 2.23. The third-order valence-electron chi connectivity index (χ3n) is 2.59. The second-order valence-corrected chi connectivity index (χ2v) is 5.07. The van der Waals surface area contributed by atoms with Gasteiger partial charge in [0.05, 0.1) is 0 Å². The molecule has 0 atom stereocenters. The zero-order valence-corrected chi connectivity index (χ0v) is 11.1. The van der Waals surface area contributed by atoms with Gasteiger partial charge in [-0.25, -0.2) is 0 Å². The molecule has 0 nitrogen and oxygen atoms in total. The van der Waals surface area contributed by atoms with Crippen LogP contribution < -0.4 is 0 Å². The zero-order chi connectivity index (χ0) is 11.5. The number of hydrogen-bond donors (Lipinski definition) is 0. The van der Waals surface area contributed by atoms with Crippen molar-refractivity contribution in [2.45, 2.75) is 51.9 Å². The summed E-state index contributed by atoms with van der Waals surface area (Å²) in [5, 5.41) is 2.10. The van der Waals surface area contributed by atoms with Gasteiger partial charge in [-0.15, -0.1) is 17.1 Å². The third-order valence-corrected chi connectivity index (χ3v) is 3.41. The summed E-state index contributed by atoms with van der Waals surface area (Å²) >= 11 is 1.76. The summed E-state index contributed by atoms with van der Waals surface area (Å²) in [7, 11) is 0. The molecular weight excluding hydrogens is 212 g/mol. The molecule has 0 radical (unpaired) electrons. The van der Waals surface area contributed by atoms with Crippen molar-refractivity contribution in [3.63, 3.8) is 0 Å². The Balaban J connectivity index is 2.00. The predicted octanol–water partition coefficient (Wildman–Crippen LogP) is 5.67. The lowest BCUT2D eigenvalue weighted by atomic mass is 10.1. The van der Waals surface area contributed by atoms with Crippen LogP contribution in [-0.2, 0) is 0 Å². The summed E-state index contributed by atoms with van der Waals surface area (Å²) in [6.45, 7) is 2.26. The van der Waals surface area contributed by atoms with Crippen molar-refractivity contribution in [2.24, 2.45) is 0 Å². The Morgan fingerprint density at radius 2 is 2.00 bits per heavy atom. The molecule has 0 aliphatic heterocycles. The summed E-state index contributed by atoms with van der Waals surface area (Å²) in [6, 6.07) is 4.20. The molecule has 0 fully saturated rings. The average molecular weight is 234 g/mol. The van der Waals surface area contributed by atoms with Gasteiger partial charge >= 0.3 is 0 Å². The van der Waals surface area contributed by atoms with E-state index >= 15 is 0 Å². The van der Waals surface area contributed by atoms with Crippen LogP contribution in [0.25, 0.3) is 6.08 Å². The zero-order valence-electron chi connectivity index (χ0n) is 10.2. The summed E-state index contributed by atoms with van der Waals surface area (Å²) in [6.07, 6.45) is 13.6. The molecule has 0 bridgehead atoms. The fourth-order valence-electron chi connectivity index (χ4n) is 1.62. The van der Waals surface area contributed by atoms with Crippen molar-refractivity contribution in [3.05, 3.63) is 34.2 Å². The Morgan fingerprint density at radius 1 is 1.19 bits per heavy atom. The van der Waals surface area contributed by atoms with Crippen LogP contribution in [0.3, 0.4) is 0 Å². The predicted molar refractivity (Wildman–Crippen MR) is 74.9 cm³/mol. The molecule has 1 heterocycles. The van der Waals surface area contributed by atoms with Gasteiger partial charge < -0.3 is 0 Å². The molecule has 0 aromatic carbocycles. The molecule has 1 rings (SSSR count). The second-order valence-electron chi connectivity index (χ2n) is 4.09. The van der Waals surface area contributed by atoms with Gasteiger partial charge in [0.15, 0.2) is 0 Å². The van der Waals surface area contributed by atoms with Gasteiger partial charge in [0.1, 0.15) is 0 Å². The highest BCUT2D eigenvalue weighted by Crippen LogP contribution is 2.10. The van der Waals surface area contributed by atoms with Gasteiger partial charge in [-0.05, 0) is 36.4 Å². The van der Waals surface area contributed by atoms with Crippen molar-refractivity contribution in [3.8, 4) is 0 Å². The van der Waals surface area contributed by atoms with E-state index in [4.69, 9.17) is 0 Å². The Morgan fingerprint density at radius 3 is 2.75 bits per heavy atom. The summed E-state index contributed by atoms with van der Waals surface area (Å²) in [4.78, 5) is 1.29. The van der Waals surface area contributed by atoms with E-state index in [1.807, 2.05) is 0 Å². The fraction of sp³-hybridized carbons (Fsp3) is 0.533. The molecule has 88 valence electrons. The Kier molecular flexibility index (Phi) is 7.84. The smallest absolute Gasteiger partial charge is 0.0347 e. The lowest BCUT2D eigenvalue weighted by Crippen LogP contribution is -1.77. The number of rotatable bonds is 8. The minimum Gasteiger partial charge on any atom is -0.144 e. The Bertz CT molecular complexity index is 302. The SMILES string of the molecule is CCCCCCCCC=C=Cc1cccs1. The minimum atomic E-state index is 1.17. The van der Waals surface area contributed by atoms with Gasteiger partial charge in [-0.3, -0.25) is 0 Å². The maximum absolute atomic E-state index is 3.25. The van der Waals surface area contributed by atoms with Crippen LogP contribution >= 0.6 is 11.3 Å². The van der Waals surface area contributed by atoms with E-state index in [9.17, 15) is 0 Å². The van der Waals surface area contributed by atoms with Crippen molar-refractivity contribution < 1.29 is 0 Å². The van der Waals surface area contributed by atoms with Crippen LogP contribution in [0.4, 0.5) is 0 Å². The standard InChI is InChI=1S/C15H22S/c1-2-3-4-5-6-7-8-9-10-12-15-13-11-14-16-15/h9,11-14H,2-8H2,1H3. The van der Waals surface area contributed by atoms with E-state index in [0.29, 0.717) is 0 Å². The van der Waals surface area contributed by atoms with Crippen LogP contribution in [0.2, 0.25) is 0 Å². The minimum absolute atomic E-state index is 1.17. The molecular formula is C15H22S. The Hall–Kier alpha value is -0.780. The largest absolute Gasteiger partial charge is 0.144 e. The molecule has 0 N–H and O–H groups in total. The summed E-state index contributed by atoms with van der Waals surface area (Å²) in [5.74, 6) is 0. The molecule has 1 aromatic heterocycles. The lowest BCUT2D eigenvalue weighted by molar-refractivity contribution is 0.611. The molecule has 1 heteroatoms. The van der Waals surface area contributed by atoms with Crippen molar-refractivity contribution >= 4 is 17.4 Å². The molecule has 0 saturated carbocycles. The first-order valence-electron chi connectivity index (χ1n) is 6.38. The molecule has 0 aliphatic rings. The van der Waals surface area contributed by atoms with Crippen molar-refractivity contribution in [1.82, 2.24) is 0 Å². The first kappa shape index (κ1) is 13.3. The Labute approximate surface area is 104 Å². The molecule has 0 aliphatic carbocycles. The molecule has 0 unspecified atom stereocenters. The van der Waals surface area contributed by atoms with Crippen LogP contribution in [0.1, 0.15) is 56.7 Å². The van der Waals surface area contributed by atoms with E-state index < -0.39 is 0 Å². The lowest BCUT2D eigenvalue weighted by Gasteiger charge is -1.96. The quantitative estimate of drug-likeness (QED) is 0.402. The van der Waals surface area contributed by atoms with Crippen molar-refractivity contribution in [1.29, 1.82) is 0 Å². The van der Waals surface area contributed by atoms with Gasteiger partial charge in [0.2, 0.25) is 0 Å². The first-order chi connectivity index (χ1) is 7.93. The topological polar surface area (TPSA) is 0 Å². The maximum Gasteiger partial charge on any atom is 0.0347 e. The van der Waals surface area contributed by atoms with E-state index in [0.717, 1.165) is 0 Å². The second kappa shape index (κ2) is 9.45. The number of unbranched alkanes of at least 4 members (excludes halogenated alkanes) is 6. The highest BCUT2D eigenvalue weighted by molar-refractivity contribution is 7.10. The first-order valence-corrected chi connectivity index (χ1v) is 7.26. The number of thiophene rings is 1. The van der Waals surface area contributed by atoms with E-state index in [2.05, 4.69) is 42.3 Å². The van der Waals surface area contributed by atoms with Gasteiger partial charge in [-0.2, -0.15) is 0 Å². The normalized spacial score (nSPS) is 9.81. The van der Waals surface area contributed by atoms with E-state index in [1.54, 1.807) is 11.3 Å². The van der Waals surface area contributed by atoms with Gasteiger partial charge in [0, 0.05) is 4.88 Å². The van der Waals surface area contributed by atoms with Crippen LogP contribution in [-0.4, -0.2) is 0 Å². The summed E-state index contributed by atoms with van der Waals surface area (Å²) in [5.41, 5.74) is 3.25. The third kappa shape index (κ3) is 6.66. The molecule has 0 amide bonds. The highest BCUT2D eigenvalue weighted by Gasteiger charge is 1.87. The maximum atomic E-state index is 3.25. The molecule has 1 aromatic rings. The highest BCUT2D eigenvalue weighted by atomic mass is 32.1. The van der Waals surface area contributed by atoms with Crippen LogP contribution in [0.15, 0.2) is 29.3 Å². The van der Waals surface area contributed by atoms with Crippen molar-refractivity contribution in [2.75, 3.05) is 0 Å². The average Bonchev–Trinajstić information content (AvgIpc) is 2.80. The van der Waals surface area contributed by atoms with Gasteiger partial charge in [-0.1, -0.05) is 45.1 Å². The van der Waals surface area contributed by atoms with E-state index in [1.165, 1.54) is 49.8 Å². The van der Waals surface area contributed by atoms with Gasteiger partial charge in [0.25, 0.3) is 0 Å². The number of allylic oxidation sites excluding steroid dienone is 1. The molecule has 0 saturated heterocycles. The van der Waals surface area contributed by atoms with Crippen LogP contribution in [0.5, 0.6) is 0 Å². The molecule has 0 spiro atoms. The summed E-state index contributed by atoms with van der Waals surface area (Å²) < 4.78 is 0. The number of hydrogen-bond acceptors (Lipinski definition) is 1. The monoisotopic (exact) mass is 234 g/mol. The van der Waals surface area contributed by atoms with E-state index in [-0.39, 0.29) is 0 Å². The van der Waals surface area contributed by atoms with Crippen LogP contribution in [0, 0.1) is 0 Å².